The van der Waals surface area contributed by atoms with Gasteiger partial charge in [-0.2, -0.15) is 0 Å². The predicted molar refractivity (Wildman–Crippen MR) is 77.1 cm³/mol. The summed E-state index contributed by atoms with van der Waals surface area (Å²) < 4.78 is 4.89. The highest BCUT2D eigenvalue weighted by atomic mass is 16.6. The molecule has 0 spiro atoms. The summed E-state index contributed by atoms with van der Waals surface area (Å²) in [6.07, 6.45) is 0. The SMILES string of the molecule is COC(=O)C1c2ccccc2-c2cc([N+](=O)[O-])c(C)cc21. The number of hydrogen-bond acceptors (Lipinski definition) is 4. The summed E-state index contributed by atoms with van der Waals surface area (Å²) in [6, 6.07) is 10.7. The number of esters is 1. The molecule has 0 amide bonds. The van der Waals surface area contributed by atoms with Crippen LogP contribution in [-0.4, -0.2) is 18.0 Å². The summed E-state index contributed by atoms with van der Waals surface area (Å²) >= 11 is 0. The van der Waals surface area contributed by atoms with Gasteiger partial charge in [0, 0.05) is 11.6 Å². The number of carbonyl (C=O) groups excluding carboxylic acids is 1. The van der Waals surface area contributed by atoms with Gasteiger partial charge in [-0.05, 0) is 35.2 Å². The molecule has 0 saturated heterocycles. The quantitative estimate of drug-likeness (QED) is 0.482. The van der Waals surface area contributed by atoms with E-state index in [0.29, 0.717) is 5.56 Å². The van der Waals surface area contributed by atoms with E-state index in [-0.39, 0.29) is 11.7 Å². The number of aryl methyl sites for hydroxylation is 1. The van der Waals surface area contributed by atoms with Crippen LogP contribution in [0.4, 0.5) is 5.69 Å². The van der Waals surface area contributed by atoms with E-state index >= 15 is 0 Å². The lowest BCUT2D eigenvalue weighted by Gasteiger charge is -2.11. The minimum atomic E-state index is -0.513. The topological polar surface area (TPSA) is 69.4 Å². The highest BCUT2D eigenvalue weighted by Gasteiger charge is 2.36. The van der Waals surface area contributed by atoms with E-state index in [4.69, 9.17) is 4.74 Å². The van der Waals surface area contributed by atoms with Crippen LogP contribution in [0, 0.1) is 17.0 Å². The fourth-order valence-corrected chi connectivity index (χ4v) is 2.92. The first-order valence-corrected chi connectivity index (χ1v) is 6.50. The first-order chi connectivity index (χ1) is 10.0. The van der Waals surface area contributed by atoms with Crippen molar-refractivity contribution in [2.75, 3.05) is 7.11 Å². The Kier molecular flexibility index (Phi) is 2.97. The zero-order valence-corrected chi connectivity index (χ0v) is 11.6. The van der Waals surface area contributed by atoms with Crippen LogP contribution in [0.25, 0.3) is 11.1 Å². The van der Waals surface area contributed by atoms with Crippen molar-refractivity contribution in [1.29, 1.82) is 0 Å². The summed E-state index contributed by atoms with van der Waals surface area (Å²) in [5, 5.41) is 11.1. The van der Waals surface area contributed by atoms with Crippen LogP contribution >= 0.6 is 0 Å². The summed E-state index contributed by atoms with van der Waals surface area (Å²) in [5.74, 6) is -0.866. The number of nitro groups is 1. The highest BCUT2D eigenvalue weighted by Crippen LogP contribution is 2.47. The second kappa shape index (κ2) is 4.70. The van der Waals surface area contributed by atoms with Gasteiger partial charge in [0.25, 0.3) is 5.69 Å². The molecule has 1 atom stereocenters. The van der Waals surface area contributed by atoms with Gasteiger partial charge in [0.1, 0.15) is 5.92 Å². The molecule has 21 heavy (non-hydrogen) atoms. The first-order valence-electron chi connectivity index (χ1n) is 6.50. The fraction of sp³-hybridized carbons (Fsp3) is 0.188. The molecule has 0 bridgehead atoms. The van der Waals surface area contributed by atoms with Gasteiger partial charge in [0.05, 0.1) is 12.0 Å². The van der Waals surface area contributed by atoms with Crippen molar-refractivity contribution in [3.63, 3.8) is 0 Å². The maximum atomic E-state index is 12.1. The second-order valence-electron chi connectivity index (χ2n) is 5.03. The zero-order chi connectivity index (χ0) is 15.1. The molecule has 2 aromatic carbocycles. The molecule has 2 aromatic rings. The molecule has 1 aliphatic carbocycles. The van der Waals surface area contributed by atoms with Crippen molar-refractivity contribution in [3.8, 4) is 11.1 Å². The number of nitrogens with zero attached hydrogens (tertiary/aromatic N) is 1. The molecule has 0 aliphatic heterocycles. The Hall–Kier alpha value is -2.69. The number of fused-ring (bicyclic) bond motifs is 3. The van der Waals surface area contributed by atoms with Gasteiger partial charge < -0.3 is 4.74 Å². The van der Waals surface area contributed by atoms with Gasteiger partial charge >= 0.3 is 5.97 Å². The molecule has 0 fully saturated rings. The van der Waals surface area contributed by atoms with E-state index in [1.807, 2.05) is 24.3 Å². The zero-order valence-electron chi connectivity index (χ0n) is 11.6. The lowest BCUT2D eigenvalue weighted by atomic mass is 9.95. The molecule has 0 aromatic heterocycles. The number of hydrogen-bond donors (Lipinski definition) is 0. The number of rotatable bonds is 2. The Morgan fingerprint density at radius 1 is 1.19 bits per heavy atom. The Morgan fingerprint density at radius 2 is 1.90 bits per heavy atom. The van der Waals surface area contributed by atoms with Crippen LogP contribution < -0.4 is 0 Å². The molecule has 0 N–H and O–H groups in total. The standard InChI is InChI=1S/C16H13NO4/c1-9-7-13-12(8-14(9)17(19)20)10-5-3-4-6-11(10)15(13)16(18)21-2/h3-8,15H,1-2H3. The third-order valence-corrected chi connectivity index (χ3v) is 3.87. The smallest absolute Gasteiger partial charge is 0.317 e. The van der Waals surface area contributed by atoms with Crippen LogP contribution in [0.3, 0.4) is 0 Å². The average Bonchev–Trinajstić information content (AvgIpc) is 2.78. The van der Waals surface area contributed by atoms with Gasteiger partial charge in [-0.1, -0.05) is 24.3 Å². The van der Waals surface area contributed by atoms with E-state index in [0.717, 1.165) is 22.3 Å². The van der Waals surface area contributed by atoms with Crippen LogP contribution in [0.1, 0.15) is 22.6 Å². The third kappa shape index (κ3) is 1.89. The molecule has 0 heterocycles. The van der Waals surface area contributed by atoms with E-state index < -0.39 is 10.8 Å². The van der Waals surface area contributed by atoms with Gasteiger partial charge in [-0.15, -0.1) is 0 Å². The van der Waals surface area contributed by atoms with Crippen LogP contribution in [0.15, 0.2) is 36.4 Å². The maximum absolute atomic E-state index is 12.1. The average molecular weight is 283 g/mol. The Morgan fingerprint density at radius 3 is 2.57 bits per heavy atom. The molecule has 5 nitrogen and oxygen atoms in total. The van der Waals surface area contributed by atoms with Crippen LogP contribution in [0.2, 0.25) is 0 Å². The normalized spacial score (nSPS) is 15.2. The van der Waals surface area contributed by atoms with Crippen LogP contribution in [-0.2, 0) is 9.53 Å². The summed E-state index contributed by atoms with van der Waals surface area (Å²) in [4.78, 5) is 22.8. The van der Waals surface area contributed by atoms with Crippen molar-refractivity contribution < 1.29 is 14.5 Å². The fourth-order valence-electron chi connectivity index (χ4n) is 2.92. The molecule has 0 saturated carbocycles. The van der Waals surface area contributed by atoms with Gasteiger partial charge in [-0.3, -0.25) is 14.9 Å². The molecule has 106 valence electrons. The number of ether oxygens (including phenoxy) is 1. The van der Waals surface area contributed by atoms with Gasteiger partial charge in [0.2, 0.25) is 0 Å². The van der Waals surface area contributed by atoms with Gasteiger partial charge in [-0.25, -0.2) is 0 Å². The van der Waals surface area contributed by atoms with E-state index in [1.54, 1.807) is 19.1 Å². The van der Waals surface area contributed by atoms with Crippen molar-refractivity contribution in [1.82, 2.24) is 0 Å². The number of nitro benzene ring substituents is 1. The molecular formula is C16H13NO4. The summed E-state index contributed by atoms with van der Waals surface area (Å²) in [5.41, 5.74) is 3.80. The van der Waals surface area contributed by atoms with E-state index in [9.17, 15) is 14.9 Å². The Labute approximate surface area is 121 Å². The minimum Gasteiger partial charge on any atom is -0.468 e. The lowest BCUT2D eigenvalue weighted by molar-refractivity contribution is -0.385. The van der Waals surface area contributed by atoms with Crippen molar-refractivity contribution >= 4 is 11.7 Å². The maximum Gasteiger partial charge on any atom is 0.317 e. The first kappa shape index (κ1) is 13.3. The Balaban J connectivity index is 2.30. The molecule has 3 rings (SSSR count). The molecule has 0 radical (unpaired) electrons. The van der Waals surface area contributed by atoms with E-state index in [1.165, 1.54) is 7.11 Å². The van der Waals surface area contributed by atoms with Crippen LogP contribution in [0.5, 0.6) is 0 Å². The number of benzene rings is 2. The highest BCUT2D eigenvalue weighted by molar-refractivity contribution is 5.94. The predicted octanol–water partition coefficient (Wildman–Crippen LogP) is 3.19. The van der Waals surface area contributed by atoms with Gasteiger partial charge in [0.15, 0.2) is 0 Å². The summed E-state index contributed by atoms with van der Waals surface area (Å²) in [7, 11) is 1.35. The number of carbonyl (C=O) groups is 1. The Bertz CT molecular complexity index is 767. The molecule has 1 aliphatic rings. The summed E-state index contributed by atoms with van der Waals surface area (Å²) in [6.45, 7) is 1.68. The third-order valence-electron chi connectivity index (χ3n) is 3.87. The van der Waals surface area contributed by atoms with E-state index in [2.05, 4.69) is 0 Å². The van der Waals surface area contributed by atoms with Crippen molar-refractivity contribution in [2.45, 2.75) is 12.8 Å². The lowest BCUT2D eigenvalue weighted by Crippen LogP contribution is -2.13. The second-order valence-corrected chi connectivity index (χ2v) is 5.03. The molecule has 1 unspecified atom stereocenters. The number of methoxy groups -OCH3 is 1. The molecule has 5 heteroatoms. The van der Waals surface area contributed by atoms with Crippen molar-refractivity contribution in [2.24, 2.45) is 0 Å². The van der Waals surface area contributed by atoms with Crippen molar-refractivity contribution in [3.05, 3.63) is 63.2 Å². The largest absolute Gasteiger partial charge is 0.468 e. The molecular weight excluding hydrogens is 270 g/mol. The monoisotopic (exact) mass is 283 g/mol. The minimum absolute atomic E-state index is 0.0640.